The van der Waals surface area contributed by atoms with Crippen molar-refractivity contribution in [2.24, 2.45) is 5.92 Å². The molecule has 0 spiro atoms. The van der Waals surface area contributed by atoms with Crippen molar-refractivity contribution in [3.8, 4) is 0 Å². The fourth-order valence-electron chi connectivity index (χ4n) is 3.11. The first kappa shape index (κ1) is 24.9. The summed E-state index contributed by atoms with van der Waals surface area (Å²) in [6.07, 6.45) is 8.52. The summed E-state index contributed by atoms with van der Waals surface area (Å²) in [5.41, 5.74) is 4.21. The molecule has 1 aliphatic heterocycles. The van der Waals surface area contributed by atoms with E-state index >= 15 is 0 Å². The molecule has 0 saturated carbocycles. The largest absolute Gasteiger partial charge is 0.501 e. The Bertz CT molecular complexity index is 459. The molecule has 0 radical (unpaired) electrons. The number of ether oxygens (including phenoxy) is 1. The molecule has 1 aliphatic rings. The van der Waals surface area contributed by atoms with Crippen LogP contribution >= 0.6 is 0 Å². The highest BCUT2D eigenvalue weighted by atomic mass is 16.5. The predicted molar refractivity (Wildman–Crippen MR) is 117 cm³/mol. The molecule has 3 nitrogen and oxygen atoms in total. The van der Waals surface area contributed by atoms with Gasteiger partial charge in [0.15, 0.2) is 0 Å². The zero-order valence-electron chi connectivity index (χ0n) is 18.9. The number of hydrogen-bond donors (Lipinski definition) is 0. The monoisotopic (exact) mass is 364 g/mol. The minimum Gasteiger partial charge on any atom is -0.501 e. The van der Waals surface area contributed by atoms with Crippen molar-refractivity contribution in [3.63, 3.8) is 0 Å². The lowest BCUT2D eigenvalue weighted by Gasteiger charge is -2.28. The van der Waals surface area contributed by atoms with E-state index in [-0.39, 0.29) is 0 Å². The van der Waals surface area contributed by atoms with Gasteiger partial charge in [0.1, 0.15) is 0 Å². The Morgan fingerprint density at radius 1 is 1.23 bits per heavy atom. The zero-order valence-corrected chi connectivity index (χ0v) is 18.9. The molecule has 0 N–H and O–H groups in total. The van der Waals surface area contributed by atoms with Gasteiger partial charge in [0.05, 0.1) is 12.9 Å². The minimum absolute atomic E-state index is 0.461. The van der Waals surface area contributed by atoms with Crippen LogP contribution in [0.25, 0.3) is 0 Å². The summed E-state index contributed by atoms with van der Waals surface area (Å²) in [4.78, 5) is 4.79. The van der Waals surface area contributed by atoms with Gasteiger partial charge in [-0.1, -0.05) is 32.4 Å². The van der Waals surface area contributed by atoms with E-state index in [9.17, 15) is 0 Å². The van der Waals surface area contributed by atoms with Gasteiger partial charge in [0.25, 0.3) is 0 Å². The molecule has 1 saturated heterocycles. The van der Waals surface area contributed by atoms with E-state index < -0.39 is 0 Å². The van der Waals surface area contributed by atoms with E-state index in [4.69, 9.17) is 4.74 Å². The molecule has 152 valence electrons. The third-order valence-corrected chi connectivity index (χ3v) is 4.95. The fraction of sp³-hybridized carbons (Fsp3) is 0.739. The summed E-state index contributed by atoms with van der Waals surface area (Å²) in [6.45, 7) is 19.6. The maximum absolute atomic E-state index is 5.62. The molecule has 0 amide bonds. The van der Waals surface area contributed by atoms with E-state index in [1.807, 2.05) is 20.1 Å². The minimum atomic E-state index is 0.461. The Kier molecular flexibility index (Phi) is 13.5. The van der Waals surface area contributed by atoms with Crippen LogP contribution in [0.15, 0.2) is 35.1 Å². The van der Waals surface area contributed by atoms with Crippen molar-refractivity contribution in [3.05, 3.63) is 35.1 Å². The highest BCUT2D eigenvalue weighted by molar-refractivity contribution is 5.38. The van der Waals surface area contributed by atoms with Crippen LogP contribution < -0.4 is 0 Å². The predicted octanol–water partition coefficient (Wildman–Crippen LogP) is 5.51. The Hall–Kier alpha value is -1.06. The lowest BCUT2D eigenvalue weighted by atomic mass is 9.96. The molecule has 1 heterocycles. The Labute approximate surface area is 163 Å². The lowest BCUT2D eigenvalue weighted by molar-refractivity contribution is 0.228. The van der Waals surface area contributed by atoms with Crippen LogP contribution in [-0.4, -0.2) is 56.2 Å². The number of nitrogens with zero attached hydrogens (tertiary/aromatic N) is 2. The number of hydrogen-bond acceptors (Lipinski definition) is 3. The average Bonchev–Trinajstić information content (AvgIpc) is 3.04. The van der Waals surface area contributed by atoms with E-state index in [1.54, 1.807) is 0 Å². The van der Waals surface area contributed by atoms with Crippen LogP contribution in [0, 0.1) is 5.92 Å². The summed E-state index contributed by atoms with van der Waals surface area (Å²) in [5.74, 6) is 0.816. The molecule has 26 heavy (non-hydrogen) atoms. The van der Waals surface area contributed by atoms with Crippen molar-refractivity contribution in [2.45, 2.75) is 67.3 Å². The Morgan fingerprint density at radius 2 is 1.88 bits per heavy atom. The molecule has 3 heteroatoms. The van der Waals surface area contributed by atoms with Gasteiger partial charge in [-0.25, -0.2) is 0 Å². The Morgan fingerprint density at radius 3 is 2.38 bits per heavy atom. The molecule has 1 rings (SSSR count). The quantitative estimate of drug-likeness (QED) is 0.305. The van der Waals surface area contributed by atoms with Gasteiger partial charge in [0.2, 0.25) is 0 Å². The van der Waals surface area contributed by atoms with Gasteiger partial charge in [-0.3, -0.25) is 4.90 Å². The van der Waals surface area contributed by atoms with Crippen molar-refractivity contribution >= 4 is 0 Å². The van der Waals surface area contributed by atoms with Crippen molar-refractivity contribution in [1.29, 1.82) is 0 Å². The van der Waals surface area contributed by atoms with Crippen LogP contribution in [0.2, 0.25) is 0 Å². The molecular weight excluding hydrogens is 320 g/mol. The highest BCUT2D eigenvalue weighted by Crippen LogP contribution is 2.26. The van der Waals surface area contributed by atoms with Crippen LogP contribution in [-0.2, 0) is 4.74 Å². The summed E-state index contributed by atoms with van der Waals surface area (Å²) >= 11 is 0. The SMILES string of the molecule is CC.CC(C)=C(C)/C(=C\C=C\OCCCN(C)C)C(C)N1CCC(C)C1. The van der Waals surface area contributed by atoms with E-state index in [1.165, 1.54) is 36.2 Å². The van der Waals surface area contributed by atoms with Gasteiger partial charge in [-0.15, -0.1) is 0 Å². The topological polar surface area (TPSA) is 15.7 Å². The maximum Gasteiger partial charge on any atom is 0.0885 e. The van der Waals surface area contributed by atoms with Gasteiger partial charge in [-0.2, -0.15) is 0 Å². The first-order valence-corrected chi connectivity index (χ1v) is 10.3. The van der Waals surface area contributed by atoms with Crippen LogP contribution in [0.3, 0.4) is 0 Å². The summed E-state index contributed by atoms with van der Waals surface area (Å²) in [6, 6.07) is 0.461. The van der Waals surface area contributed by atoms with Crippen LogP contribution in [0.4, 0.5) is 0 Å². The molecule has 1 fully saturated rings. The standard InChI is InChI=1S/C21H38N2O.C2H6/c1-17(2)19(4)21(20(5)23-13-11-18(3)16-23)10-8-14-24-15-9-12-22(6)7;1-2/h8,10,14,18,20H,9,11-13,15-16H2,1-7H3;1-2H3/b14-8+,21-10+;. The first-order valence-electron chi connectivity index (χ1n) is 10.3. The number of likely N-dealkylation sites (tertiary alicyclic amines) is 1. The molecule has 0 aliphatic carbocycles. The van der Waals surface area contributed by atoms with Crippen molar-refractivity contribution in [1.82, 2.24) is 9.80 Å². The lowest BCUT2D eigenvalue weighted by Crippen LogP contribution is -2.32. The molecule has 0 aromatic carbocycles. The third-order valence-electron chi connectivity index (χ3n) is 4.95. The van der Waals surface area contributed by atoms with Gasteiger partial charge >= 0.3 is 0 Å². The summed E-state index contributed by atoms with van der Waals surface area (Å²) < 4.78 is 5.62. The normalized spacial score (nSPS) is 19.5. The molecule has 0 aromatic rings. The van der Waals surface area contributed by atoms with Gasteiger partial charge in [0, 0.05) is 19.1 Å². The van der Waals surface area contributed by atoms with E-state index in [0.29, 0.717) is 6.04 Å². The summed E-state index contributed by atoms with van der Waals surface area (Å²) in [5, 5.41) is 0. The second-order valence-corrected chi connectivity index (χ2v) is 7.67. The second kappa shape index (κ2) is 14.1. The Balaban J connectivity index is 0.00000301. The maximum atomic E-state index is 5.62. The fourth-order valence-corrected chi connectivity index (χ4v) is 3.11. The van der Waals surface area contributed by atoms with Crippen LogP contribution in [0.5, 0.6) is 0 Å². The average molecular weight is 365 g/mol. The highest BCUT2D eigenvalue weighted by Gasteiger charge is 2.25. The zero-order chi connectivity index (χ0) is 20.1. The molecule has 0 aromatic heterocycles. The van der Waals surface area contributed by atoms with Crippen molar-refractivity contribution in [2.75, 3.05) is 40.3 Å². The van der Waals surface area contributed by atoms with Gasteiger partial charge in [-0.05, 0) is 84.3 Å². The number of rotatable bonds is 9. The van der Waals surface area contributed by atoms with Crippen LogP contribution in [0.1, 0.15) is 61.3 Å². The van der Waals surface area contributed by atoms with Gasteiger partial charge < -0.3 is 9.64 Å². The molecular formula is C23H44N2O. The number of allylic oxidation sites excluding steroid dienone is 3. The molecule has 2 unspecified atom stereocenters. The third kappa shape index (κ3) is 9.59. The molecule has 0 bridgehead atoms. The van der Waals surface area contributed by atoms with E-state index in [2.05, 4.69) is 70.7 Å². The van der Waals surface area contributed by atoms with Crippen molar-refractivity contribution < 1.29 is 4.74 Å². The molecule has 2 atom stereocenters. The summed E-state index contributed by atoms with van der Waals surface area (Å²) in [7, 11) is 4.18. The van der Waals surface area contributed by atoms with E-state index in [0.717, 1.165) is 25.5 Å². The smallest absolute Gasteiger partial charge is 0.0885 e. The second-order valence-electron chi connectivity index (χ2n) is 7.67. The first-order chi connectivity index (χ1) is 12.3.